The molecule has 20 heavy (non-hydrogen) atoms. The molecule has 0 bridgehead atoms. The summed E-state index contributed by atoms with van der Waals surface area (Å²) in [5, 5.41) is 3.00. The van der Waals surface area contributed by atoms with Crippen molar-refractivity contribution in [3.8, 4) is 0 Å². The number of pyridine rings is 1. The van der Waals surface area contributed by atoms with Gasteiger partial charge in [-0.3, -0.25) is 4.79 Å². The van der Waals surface area contributed by atoms with Crippen LogP contribution in [0, 0.1) is 0 Å². The molecule has 4 N–H and O–H groups in total. The Labute approximate surface area is 119 Å². The summed E-state index contributed by atoms with van der Waals surface area (Å²) in [6.45, 7) is 0.654. The van der Waals surface area contributed by atoms with Gasteiger partial charge in [-0.25, -0.2) is 10.8 Å². The molecule has 1 fully saturated rings. The molecule has 1 aromatic rings. The summed E-state index contributed by atoms with van der Waals surface area (Å²) >= 11 is 0. The van der Waals surface area contributed by atoms with Gasteiger partial charge in [-0.2, -0.15) is 0 Å². The molecule has 2 rings (SSSR count). The number of nitrogens with zero attached hydrogens (tertiary/aromatic N) is 2. The van der Waals surface area contributed by atoms with Crippen LogP contribution in [0.2, 0.25) is 0 Å². The number of hydrogen-bond donors (Lipinski definition) is 3. The van der Waals surface area contributed by atoms with Gasteiger partial charge in [0.05, 0.1) is 0 Å². The zero-order valence-corrected chi connectivity index (χ0v) is 12.1. The monoisotopic (exact) mass is 277 g/mol. The van der Waals surface area contributed by atoms with Gasteiger partial charge < -0.3 is 15.6 Å². The Morgan fingerprint density at radius 2 is 2.10 bits per heavy atom. The van der Waals surface area contributed by atoms with E-state index in [1.165, 1.54) is 12.8 Å². The van der Waals surface area contributed by atoms with Crippen LogP contribution in [-0.4, -0.2) is 42.0 Å². The molecular formula is C14H23N5O. The van der Waals surface area contributed by atoms with Gasteiger partial charge >= 0.3 is 0 Å². The van der Waals surface area contributed by atoms with Crippen molar-refractivity contribution in [2.24, 2.45) is 5.84 Å². The molecule has 6 nitrogen and oxygen atoms in total. The maximum Gasteiger partial charge on any atom is 0.270 e. The molecule has 0 unspecified atom stereocenters. The van der Waals surface area contributed by atoms with E-state index in [-0.39, 0.29) is 11.4 Å². The van der Waals surface area contributed by atoms with Crippen LogP contribution in [-0.2, 0) is 0 Å². The summed E-state index contributed by atoms with van der Waals surface area (Å²) in [6, 6.07) is 5.16. The zero-order valence-electron chi connectivity index (χ0n) is 12.1. The van der Waals surface area contributed by atoms with Crippen molar-refractivity contribution in [2.45, 2.75) is 31.2 Å². The summed E-state index contributed by atoms with van der Waals surface area (Å²) in [6.07, 6.45) is 4.69. The number of rotatable bonds is 5. The van der Waals surface area contributed by atoms with Gasteiger partial charge in [-0.1, -0.05) is 18.9 Å². The number of amides is 1. The molecule has 6 heteroatoms. The predicted octanol–water partition coefficient (Wildman–Crippen LogP) is 0.971. The van der Waals surface area contributed by atoms with Gasteiger partial charge in [-0.15, -0.1) is 0 Å². The number of nitrogens with two attached hydrogens (primary N) is 1. The average molecular weight is 277 g/mol. The molecule has 0 atom stereocenters. The Balaban J connectivity index is 2.00. The number of nitrogen functional groups attached to an aromatic ring is 1. The lowest BCUT2D eigenvalue weighted by atomic mass is 9.96. The van der Waals surface area contributed by atoms with E-state index in [1.54, 1.807) is 18.2 Å². The first-order valence-electron chi connectivity index (χ1n) is 6.97. The molecule has 1 aliphatic carbocycles. The van der Waals surface area contributed by atoms with Gasteiger partial charge in [0.15, 0.2) is 0 Å². The molecule has 1 aromatic heterocycles. The second kappa shape index (κ2) is 6.19. The van der Waals surface area contributed by atoms with Crippen LogP contribution in [0.15, 0.2) is 18.2 Å². The van der Waals surface area contributed by atoms with Gasteiger partial charge in [0.2, 0.25) is 0 Å². The Hall–Kier alpha value is -1.66. The highest BCUT2D eigenvalue weighted by Gasteiger charge is 2.36. The van der Waals surface area contributed by atoms with Crippen LogP contribution in [0.4, 0.5) is 5.82 Å². The van der Waals surface area contributed by atoms with Gasteiger partial charge in [-0.05, 0) is 39.1 Å². The Bertz CT molecular complexity index is 468. The SMILES string of the molecule is CN(C)C1(CNC(=O)c2cccc(NN)n2)CCCC1. The summed E-state index contributed by atoms with van der Waals surface area (Å²) in [7, 11) is 4.16. The molecule has 1 heterocycles. The van der Waals surface area contributed by atoms with E-state index in [2.05, 4.69) is 34.7 Å². The summed E-state index contributed by atoms with van der Waals surface area (Å²) in [5.74, 6) is 5.63. The molecule has 1 amide bonds. The maximum atomic E-state index is 12.2. The molecule has 0 radical (unpaired) electrons. The first-order chi connectivity index (χ1) is 9.57. The Morgan fingerprint density at radius 3 is 2.70 bits per heavy atom. The quantitative estimate of drug-likeness (QED) is 0.552. The molecule has 1 aliphatic rings. The number of carbonyl (C=O) groups excluding carboxylic acids is 1. The minimum Gasteiger partial charge on any atom is -0.349 e. The van der Waals surface area contributed by atoms with Crippen molar-refractivity contribution < 1.29 is 4.79 Å². The number of anilines is 1. The number of aromatic nitrogens is 1. The second-order valence-corrected chi connectivity index (χ2v) is 5.56. The smallest absolute Gasteiger partial charge is 0.270 e. The number of hydrazine groups is 1. The Morgan fingerprint density at radius 1 is 1.40 bits per heavy atom. The highest BCUT2D eigenvalue weighted by molar-refractivity contribution is 5.92. The van der Waals surface area contributed by atoms with Crippen molar-refractivity contribution in [3.63, 3.8) is 0 Å². The lowest BCUT2D eigenvalue weighted by Crippen LogP contribution is -2.50. The highest BCUT2D eigenvalue weighted by Crippen LogP contribution is 2.33. The number of carbonyl (C=O) groups is 1. The molecule has 1 saturated carbocycles. The van der Waals surface area contributed by atoms with Crippen molar-refractivity contribution in [1.82, 2.24) is 15.2 Å². The fraction of sp³-hybridized carbons (Fsp3) is 0.571. The first kappa shape index (κ1) is 14.7. The standard InChI is InChI=1S/C14H23N5O/c1-19(2)14(8-3-4-9-14)10-16-13(20)11-6-5-7-12(17-11)18-15/h5-7H,3-4,8-10,15H2,1-2H3,(H,16,20)(H,17,18). The molecular weight excluding hydrogens is 254 g/mol. The third-order valence-electron chi connectivity index (χ3n) is 4.19. The summed E-state index contributed by atoms with van der Waals surface area (Å²) in [5.41, 5.74) is 2.91. The lowest BCUT2D eigenvalue weighted by molar-refractivity contribution is 0.0895. The van der Waals surface area contributed by atoms with Crippen LogP contribution in [0.3, 0.4) is 0 Å². The minimum absolute atomic E-state index is 0.0827. The van der Waals surface area contributed by atoms with E-state index < -0.39 is 0 Å². The van der Waals surface area contributed by atoms with Crippen LogP contribution in [0.5, 0.6) is 0 Å². The van der Waals surface area contributed by atoms with E-state index in [1.807, 2.05) is 0 Å². The fourth-order valence-electron chi connectivity index (χ4n) is 2.79. The Kier molecular flexibility index (Phi) is 4.57. The minimum atomic E-state index is -0.157. The van der Waals surface area contributed by atoms with Gasteiger partial charge in [0, 0.05) is 12.1 Å². The summed E-state index contributed by atoms with van der Waals surface area (Å²) in [4.78, 5) is 18.5. The normalized spacial score (nSPS) is 17.2. The van der Waals surface area contributed by atoms with E-state index >= 15 is 0 Å². The van der Waals surface area contributed by atoms with Crippen molar-refractivity contribution in [3.05, 3.63) is 23.9 Å². The lowest BCUT2D eigenvalue weighted by Gasteiger charge is -2.36. The van der Waals surface area contributed by atoms with Crippen molar-refractivity contribution >= 4 is 11.7 Å². The van der Waals surface area contributed by atoms with Crippen LogP contribution in [0.25, 0.3) is 0 Å². The second-order valence-electron chi connectivity index (χ2n) is 5.56. The van der Waals surface area contributed by atoms with Crippen LogP contribution in [0.1, 0.15) is 36.2 Å². The maximum absolute atomic E-state index is 12.2. The number of hydrogen-bond acceptors (Lipinski definition) is 5. The fourth-order valence-corrected chi connectivity index (χ4v) is 2.79. The highest BCUT2D eigenvalue weighted by atomic mass is 16.1. The van der Waals surface area contributed by atoms with Crippen molar-refractivity contribution in [2.75, 3.05) is 26.1 Å². The van der Waals surface area contributed by atoms with Crippen LogP contribution >= 0.6 is 0 Å². The molecule has 0 spiro atoms. The van der Waals surface area contributed by atoms with E-state index in [9.17, 15) is 4.79 Å². The third kappa shape index (κ3) is 3.08. The number of likely N-dealkylation sites (N-methyl/N-ethyl adjacent to an activating group) is 1. The largest absolute Gasteiger partial charge is 0.349 e. The van der Waals surface area contributed by atoms with E-state index in [4.69, 9.17) is 5.84 Å². The van der Waals surface area contributed by atoms with Gasteiger partial charge in [0.1, 0.15) is 11.5 Å². The molecule has 0 saturated heterocycles. The van der Waals surface area contributed by atoms with E-state index in [0.717, 1.165) is 12.8 Å². The summed E-state index contributed by atoms with van der Waals surface area (Å²) < 4.78 is 0. The third-order valence-corrected chi connectivity index (χ3v) is 4.19. The van der Waals surface area contributed by atoms with Crippen molar-refractivity contribution in [1.29, 1.82) is 0 Å². The molecule has 110 valence electrons. The average Bonchev–Trinajstić information content (AvgIpc) is 2.95. The van der Waals surface area contributed by atoms with Crippen LogP contribution < -0.4 is 16.6 Å². The molecule has 0 aromatic carbocycles. The van der Waals surface area contributed by atoms with E-state index in [0.29, 0.717) is 18.1 Å². The van der Waals surface area contributed by atoms with Gasteiger partial charge in [0.25, 0.3) is 5.91 Å². The first-order valence-corrected chi connectivity index (χ1v) is 6.97. The predicted molar refractivity (Wildman–Crippen MR) is 79.3 cm³/mol. The zero-order chi connectivity index (χ0) is 14.6. The number of nitrogens with one attached hydrogen (secondary N) is 2. The molecule has 0 aliphatic heterocycles. The topological polar surface area (TPSA) is 83.3 Å².